The molecule has 32 heavy (non-hydrogen) atoms. The molecule has 1 aliphatic rings. The average molecular weight is 441 g/mol. The zero-order valence-corrected chi connectivity index (χ0v) is 17.4. The minimum atomic E-state index is -2.62. The summed E-state index contributed by atoms with van der Waals surface area (Å²) in [7, 11) is 0. The van der Waals surface area contributed by atoms with Crippen molar-refractivity contribution in [3.8, 4) is 16.9 Å². The first-order valence-electron chi connectivity index (χ1n) is 10.5. The van der Waals surface area contributed by atoms with Crippen LogP contribution in [0.2, 0.25) is 0 Å². The maximum Gasteiger partial charge on any atom is 0.272 e. The molecule has 9 heteroatoms. The first-order valence-corrected chi connectivity index (χ1v) is 10.5. The summed E-state index contributed by atoms with van der Waals surface area (Å²) < 4.78 is 48.1. The number of hydrogen-bond donors (Lipinski definition) is 1. The van der Waals surface area contributed by atoms with E-state index in [1.165, 1.54) is 31.0 Å². The standard InChI is InChI=1S/C23H22F3N5O/c1-14(18-10-16(24)2-5-20(18)32-13-21(25)26)28-22-7-9-31-23(29-22)19(11-27-31)15-6-8-30(12-15)17-3-4-17/h2,5-12,14,17,21H,3-4,13H2,1H3,(H,28,29). The molecular weight excluding hydrogens is 419 g/mol. The van der Waals surface area contributed by atoms with Crippen LogP contribution in [0, 0.1) is 5.82 Å². The van der Waals surface area contributed by atoms with Crippen molar-refractivity contribution < 1.29 is 17.9 Å². The lowest BCUT2D eigenvalue weighted by Gasteiger charge is -2.19. The summed E-state index contributed by atoms with van der Waals surface area (Å²) in [5.41, 5.74) is 3.07. The summed E-state index contributed by atoms with van der Waals surface area (Å²) in [4.78, 5) is 4.70. The smallest absolute Gasteiger partial charge is 0.272 e. The van der Waals surface area contributed by atoms with Gasteiger partial charge in [0.25, 0.3) is 6.43 Å². The van der Waals surface area contributed by atoms with Gasteiger partial charge in [0.1, 0.15) is 24.0 Å². The molecule has 0 radical (unpaired) electrons. The van der Waals surface area contributed by atoms with Crippen LogP contribution in [0.3, 0.4) is 0 Å². The van der Waals surface area contributed by atoms with Crippen LogP contribution in [0.15, 0.2) is 55.1 Å². The van der Waals surface area contributed by atoms with Gasteiger partial charge in [-0.1, -0.05) is 0 Å². The number of anilines is 1. The van der Waals surface area contributed by atoms with Crippen LogP contribution in [0.5, 0.6) is 5.75 Å². The number of nitrogens with zero attached hydrogens (tertiary/aromatic N) is 4. The number of nitrogens with one attached hydrogen (secondary N) is 1. The van der Waals surface area contributed by atoms with Gasteiger partial charge in [-0.15, -0.1) is 0 Å². The molecular formula is C23H22F3N5O. The molecule has 4 aromatic rings. The Hall–Kier alpha value is -3.49. The topological polar surface area (TPSA) is 56.4 Å². The predicted molar refractivity (Wildman–Crippen MR) is 115 cm³/mol. The van der Waals surface area contributed by atoms with E-state index in [0.29, 0.717) is 23.1 Å². The predicted octanol–water partition coefficient (Wildman–Crippen LogP) is 5.49. The zero-order valence-electron chi connectivity index (χ0n) is 17.4. The van der Waals surface area contributed by atoms with Gasteiger partial charge >= 0.3 is 0 Å². The fourth-order valence-electron chi connectivity index (χ4n) is 3.77. The van der Waals surface area contributed by atoms with Gasteiger partial charge in [0, 0.05) is 41.3 Å². The van der Waals surface area contributed by atoms with Gasteiger partial charge in [0.15, 0.2) is 5.65 Å². The molecule has 1 atom stereocenters. The normalized spacial score (nSPS) is 14.8. The molecule has 1 unspecified atom stereocenters. The summed E-state index contributed by atoms with van der Waals surface area (Å²) in [5, 5.41) is 7.60. The molecule has 166 valence electrons. The van der Waals surface area contributed by atoms with E-state index in [1.54, 1.807) is 29.9 Å². The third-order valence-electron chi connectivity index (χ3n) is 5.53. The molecule has 1 fully saturated rings. The molecule has 6 nitrogen and oxygen atoms in total. The summed E-state index contributed by atoms with van der Waals surface area (Å²) in [6.07, 6.45) is 7.55. The highest BCUT2D eigenvalue weighted by molar-refractivity contribution is 5.77. The second kappa shape index (κ2) is 8.22. The van der Waals surface area contributed by atoms with Crippen molar-refractivity contribution in [1.29, 1.82) is 0 Å². The lowest BCUT2D eigenvalue weighted by atomic mass is 10.1. The van der Waals surface area contributed by atoms with Crippen molar-refractivity contribution in [2.45, 2.75) is 38.3 Å². The molecule has 1 saturated carbocycles. The fourth-order valence-corrected chi connectivity index (χ4v) is 3.77. The Balaban J connectivity index is 1.41. The van der Waals surface area contributed by atoms with Gasteiger partial charge < -0.3 is 14.6 Å². The second-order valence-corrected chi connectivity index (χ2v) is 7.97. The third-order valence-corrected chi connectivity index (χ3v) is 5.53. The minimum Gasteiger partial charge on any atom is -0.487 e. The quantitative estimate of drug-likeness (QED) is 0.393. The Morgan fingerprint density at radius 2 is 2.03 bits per heavy atom. The highest BCUT2D eigenvalue weighted by Gasteiger charge is 2.23. The summed E-state index contributed by atoms with van der Waals surface area (Å²) in [5.74, 6) is 0.288. The maximum atomic E-state index is 13.9. The van der Waals surface area contributed by atoms with Crippen LogP contribution in [0.4, 0.5) is 19.0 Å². The Labute approximate surface area is 182 Å². The van der Waals surface area contributed by atoms with Crippen molar-refractivity contribution in [2.75, 3.05) is 11.9 Å². The van der Waals surface area contributed by atoms with Gasteiger partial charge in [-0.3, -0.25) is 0 Å². The molecule has 0 amide bonds. The number of ether oxygens (including phenoxy) is 1. The van der Waals surface area contributed by atoms with Crippen molar-refractivity contribution in [2.24, 2.45) is 0 Å². The van der Waals surface area contributed by atoms with E-state index in [-0.39, 0.29) is 5.75 Å². The number of fused-ring (bicyclic) bond motifs is 1. The zero-order chi connectivity index (χ0) is 22.2. The summed E-state index contributed by atoms with van der Waals surface area (Å²) in [6, 6.07) is 7.80. The molecule has 1 aliphatic carbocycles. The van der Waals surface area contributed by atoms with Crippen LogP contribution in [0.25, 0.3) is 16.8 Å². The number of rotatable bonds is 8. The molecule has 0 spiro atoms. The first kappa shape index (κ1) is 20.4. The molecule has 0 aliphatic heterocycles. The van der Waals surface area contributed by atoms with Gasteiger partial charge in [-0.2, -0.15) is 5.10 Å². The SMILES string of the molecule is CC(Nc1ccn2ncc(-c3ccn(C4CC4)c3)c2n1)c1cc(F)ccc1OCC(F)F. The Morgan fingerprint density at radius 3 is 2.81 bits per heavy atom. The van der Waals surface area contributed by atoms with E-state index >= 15 is 0 Å². The molecule has 1 aromatic carbocycles. The Bertz CT molecular complexity index is 1250. The number of aromatic nitrogens is 4. The van der Waals surface area contributed by atoms with Crippen molar-refractivity contribution >= 4 is 11.5 Å². The minimum absolute atomic E-state index is 0.208. The number of alkyl halides is 2. The van der Waals surface area contributed by atoms with Crippen LogP contribution in [-0.4, -0.2) is 32.2 Å². The summed E-state index contributed by atoms with van der Waals surface area (Å²) >= 11 is 0. The van der Waals surface area contributed by atoms with E-state index in [1.807, 2.05) is 0 Å². The van der Waals surface area contributed by atoms with Gasteiger partial charge in [-0.25, -0.2) is 22.7 Å². The molecule has 0 saturated heterocycles. The Morgan fingerprint density at radius 1 is 1.19 bits per heavy atom. The van der Waals surface area contributed by atoms with Gasteiger partial charge in [0.05, 0.1) is 12.2 Å². The monoisotopic (exact) mass is 441 g/mol. The van der Waals surface area contributed by atoms with E-state index in [4.69, 9.17) is 9.72 Å². The van der Waals surface area contributed by atoms with E-state index in [0.717, 1.165) is 11.1 Å². The molecule has 1 N–H and O–H groups in total. The van der Waals surface area contributed by atoms with Crippen molar-refractivity contribution in [3.05, 3.63) is 66.5 Å². The molecule has 3 aromatic heterocycles. The summed E-state index contributed by atoms with van der Waals surface area (Å²) in [6.45, 7) is 1.04. The van der Waals surface area contributed by atoms with Gasteiger partial charge in [-0.05, 0) is 50.1 Å². The van der Waals surface area contributed by atoms with E-state index in [9.17, 15) is 13.2 Å². The van der Waals surface area contributed by atoms with Crippen LogP contribution in [0.1, 0.15) is 37.4 Å². The van der Waals surface area contributed by atoms with Crippen LogP contribution in [-0.2, 0) is 0 Å². The van der Waals surface area contributed by atoms with E-state index < -0.39 is 24.9 Å². The largest absolute Gasteiger partial charge is 0.487 e. The fraction of sp³-hybridized carbons (Fsp3) is 0.304. The second-order valence-electron chi connectivity index (χ2n) is 7.97. The maximum absolute atomic E-state index is 13.9. The van der Waals surface area contributed by atoms with Gasteiger partial charge in [0.2, 0.25) is 0 Å². The molecule has 3 heterocycles. The van der Waals surface area contributed by atoms with Crippen molar-refractivity contribution in [1.82, 2.24) is 19.2 Å². The number of hydrogen-bond acceptors (Lipinski definition) is 4. The van der Waals surface area contributed by atoms with Crippen LogP contribution >= 0.6 is 0 Å². The van der Waals surface area contributed by atoms with Crippen molar-refractivity contribution in [3.63, 3.8) is 0 Å². The average Bonchev–Trinajstić information content (AvgIpc) is 3.35. The highest BCUT2D eigenvalue weighted by atomic mass is 19.3. The lowest BCUT2D eigenvalue weighted by molar-refractivity contribution is 0.0813. The lowest BCUT2D eigenvalue weighted by Crippen LogP contribution is -2.13. The van der Waals surface area contributed by atoms with E-state index in [2.05, 4.69) is 33.4 Å². The third kappa shape index (κ3) is 4.15. The molecule has 0 bridgehead atoms. The molecule has 5 rings (SSSR count). The number of halogens is 3. The first-order chi connectivity index (χ1) is 15.5. The number of benzene rings is 1. The van der Waals surface area contributed by atoms with Crippen LogP contribution < -0.4 is 10.1 Å². The Kier molecular flexibility index (Phi) is 5.24. The highest BCUT2D eigenvalue weighted by Crippen LogP contribution is 2.37.